The largest absolute Gasteiger partial charge is 0.309 e. The standard InChI is InChI=1S/C5H9NS.C2H6/c1-5(7-2)3-4-6;1-2/h3-4,6H,1-2H3;1-2H3/b5-3+,6-4?;. The number of hydrogen-bond acceptors (Lipinski definition) is 2. The minimum Gasteiger partial charge on any atom is -0.309 e. The highest BCUT2D eigenvalue weighted by atomic mass is 32.2. The molecule has 1 N–H and O–H groups in total. The van der Waals surface area contributed by atoms with Gasteiger partial charge in [0.05, 0.1) is 0 Å². The lowest BCUT2D eigenvalue weighted by Crippen LogP contribution is -1.63. The first-order chi connectivity index (χ1) is 4.31. The summed E-state index contributed by atoms with van der Waals surface area (Å²) in [5.74, 6) is 0. The Bertz CT molecular complexity index is 86.9. The molecule has 0 radical (unpaired) electrons. The zero-order valence-corrected chi connectivity index (χ0v) is 7.38. The Hall–Kier alpha value is -0.240. The molecule has 2 heteroatoms. The molecule has 0 bridgehead atoms. The Balaban J connectivity index is 0. The molecule has 0 aliphatic carbocycles. The Morgan fingerprint density at radius 1 is 1.44 bits per heavy atom. The van der Waals surface area contributed by atoms with Crippen molar-refractivity contribution in [3.63, 3.8) is 0 Å². The Labute approximate surface area is 62.1 Å². The third-order valence-corrected chi connectivity index (χ3v) is 1.42. The van der Waals surface area contributed by atoms with E-state index < -0.39 is 0 Å². The lowest BCUT2D eigenvalue weighted by molar-refractivity contribution is 1.50. The first-order valence-electron chi connectivity index (χ1n) is 3.02. The number of nitrogens with one attached hydrogen (secondary N) is 1. The molecule has 0 aliphatic heterocycles. The maximum absolute atomic E-state index is 6.62. The smallest absolute Gasteiger partial charge is 0.0185 e. The van der Waals surface area contributed by atoms with Gasteiger partial charge < -0.3 is 5.41 Å². The lowest BCUT2D eigenvalue weighted by atomic mass is 10.6. The molecule has 1 nitrogen and oxygen atoms in total. The van der Waals surface area contributed by atoms with Crippen molar-refractivity contribution in [3.8, 4) is 0 Å². The van der Waals surface area contributed by atoms with Gasteiger partial charge in [-0.3, -0.25) is 0 Å². The summed E-state index contributed by atoms with van der Waals surface area (Å²) in [6.45, 7) is 5.98. The van der Waals surface area contributed by atoms with Crippen molar-refractivity contribution in [1.82, 2.24) is 0 Å². The second kappa shape index (κ2) is 10.7. The van der Waals surface area contributed by atoms with E-state index in [9.17, 15) is 0 Å². The van der Waals surface area contributed by atoms with Crippen LogP contribution in [0.1, 0.15) is 20.8 Å². The Morgan fingerprint density at radius 3 is 2.00 bits per heavy atom. The zero-order valence-electron chi connectivity index (χ0n) is 6.56. The molecule has 0 atom stereocenters. The highest BCUT2D eigenvalue weighted by molar-refractivity contribution is 8.02. The minimum absolute atomic E-state index is 1.18. The van der Waals surface area contributed by atoms with E-state index in [1.165, 1.54) is 11.1 Å². The third kappa shape index (κ3) is 11.4. The average Bonchev–Trinajstić information content (AvgIpc) is 1.93. The topological polar surface area (TPSA) is 23.9 Å². The number of hydrogen-bond donors (Lipinski definition) is 1. The Morgan fingerprint density at radius 2 is 1.89 bits per heavy atom. The summed E-state index contributed by atoms with van der Waals surface area (Å²) < 4.78 is 0. The summed E-state index contributed by atoms with van der Waals surface area (Å²) in [6, 6.07) is 0. The van der Waals surface area contributed by atoms with Crippen LogP contribution in [0.2, 0.25) is 0 Å². The first kappa shape index (κ1) is 11.5. The second-order valence-electron chi connectivity index (χ2n) is 1.15. The second-order valence-corrected chi connectivity index (χ2v) is 2.20. The van der Waals surface area contributed by atoms with E-state index in [1.54, 1.807) is 17.8 Å². The lowest BCUT2D eigenvalue weighted by Gasteiger charge is -1.85. The van der Waals surface area contributed by atoms with Crippen molar-refractivity contribution in [2.24, 2.45) is 0 Å². The van der Waals surface area contributed by atoms with Gasteiger partial charge in [-0.2, -0.15) is 0 Å². The first-order valence-corrected chi connectivity index (χ1v) is 4.25. The number of allylic oxidation sites excluding steroid dienone is 2. The van der Waals surface area contributed by atoms with Crippen LogP contribution in [0.4, 0.5) is 0 Å². The van der Waals surface area contributed by atoms with Crippen molar-refractivity contribution in [1.29, 1.82) is 5.41 Å². The van der Waals surface area contributed by atoms with Crippen LogP contribution in [-0.2, 0) is 0 Å². The maximum atomic E-state index is 6.62. The maximum Gasteiger partial charge on any atom is 0.0185 e. The van der Waals surface area contributed by atoms with E-state index in [2.05, 4.69) is 0 Å². The molecule has 54 valence electrons. The van der Waals surface area contributed by atoms with Crippen molar-refractivity contribution in [2.45, 2.75) is 20.8 Å². The van der Waals surface area contributed by atoms with Gasteiger partial charge in [-0.15, -0.1) is 11.8 Å². The van der Waals surface area contributed by atoms with Crippen LogP contribution >= 0.6 is 11.8 Å². The molecule has 0 spiro atoms. The van der Waals surface area contributed by atoms with Gasteiger partial charge in [0.25, 0.3) is 0 Å². The molecule has 0 fully saturated rings. The van der Waals surface area contributed by atoms with Gasteiger partial charge in [-0.05, 0) is 24.2 Å². The van der Waals surface area contributed by atoms with Gasteiger partial charge in [0.15, 0.2) is 0 Å². The van der Waals surface area contributed by atoms with E-state index >= 15 is 0 Å². The third-order valence-electron chi connectivity index (χ3n) is 0.640. The van der Waals surface area contributed by atoms with Gasteiger partial charge >= 0.3 is 0 Å². The Kier molecular flexibility index (Phi) is 13.7. The monoisotopic (exact) mass is 145 g/mol. The van der Waals surface area contributed by atoms with E-state index in [0.29, 0.717) is 0 Å². The van der Waals surface area contributed by atoms with Crippen molar-refractivity contribution in [2.75, 3.05) is 6.26 Å². The molecule has 0 aromatic carbocycles. The molecular formula is C7H15NS. The highest BCUT2D eigenvalue weighted by Crippen LogP contribution is 2.06. The molecule has 9 heavy (non-hydrogen) atoms. The van der Waals surface area contributed by atoms with Gasteiger partial charge in [-0.1, -0.05) is 13.8 Å². The average molecular weight is 145 g/mol. The molecule has 0 unspecified atom stereocenters. The van der Waals surface area contributed by atoms with Gasteiger partial charge in [-0.25, -0.2) is 0 Å². The fourth-order valence-corrected chi connectivity index (χ4v) is 0.390. The summed E-state index contributed by atoms with van der Waals surface area (Å²) >= 11 is 1.66. The van der Waals surface area contributed by atoms with Gasteiger partial charge in [0.1, 0.15) is 0 Å². The molecule has 0 heterocycles. The number of thioether (sulfide) groups is 1. The summed E-state index contributed by atoms with van der Waals surface area (Å²) in [5, 5.41) is 6.62. The summed E-state index contributed by atoms with van der Waals surface area (Å²) in [4.78, 5) is 1.18. The van der Waals surface area contributed by atoms with Gasteiger partial charge in [0.2, 0.25) is 0 Å². The summed E-state index contributed by atoms with van der Waals surface area (Å²) in [6.07, 6.45) is 5.06. The zero-order chi connectivity index (χ0) is 7.70. The fraction of sp³-hybridized carbons (Fsp3) is 0.571. The van der Waals surface area contributed by atoms with Crippen molar-refractivity contribution < 1.29 is 0 Å². The normalized spacial score (nSPS) is 9.56. The van der Waals surface area contributed by atoms with Crippen LogP contribution in [-0.4, -0.2) is 12.5 Å². The molecule has 0 rings (SSSR count). The fourth-order valence-electron chi connectivity index (χ4n) is 0.185. The van der Waals surface area contributed by atoms with Crippen LogP contribution in [0.5, 0.6) is 0 Å². The SMILES string of the molecule is CC.CS/C(C)=C/C=N. The van der Waals surface area contributed by atoms with Crippen LogP contribution in [0.15, 0.2) is 11.0 Å². The highest BCUT2D eigenvalue weighted by Gasteiger charge is 1.75. The number of rotatable bonds is 2. The van der Waals surface area contributed by atoms with Crippen LogP contribution in [0, 0.1) is 5.41 Å². The quantitative estimate of drug-likeness (QED) is 0.593. The molecule has 0 aromatic rings. The minimum atomic E-state index is 1.18. The van der Waals surface area contributed by atoms with Crippen molar-refractivity contribution in [3.05, 3.63) is 11.0 Å². The van der Waals surface area contributed by atoms with E-state index in [0.717, 1.165) is 0 Å². The van der Waals surface area contributed by atoms with Crippen LogP contribution in [0.25, 0.3) is 0 Å². The molecule has 0 amide bonds. The van der Waals surface area contributed by atoms with E-state index in [4.69, 9.17) is 5.41 Å². The molecule has 0 aromatic heterocycles. The predicted molar refractivity (Wildman–Crippen MR) is 47.4 cm³/mol. The molecule has 0 aliphatic rings. The van der Waals surface area contributed by atoms with E-state index in [1.807, 2.05) is 27.0 Å². The van der Waals surface area contributed by atoms with Crippen molar-refractivity contribution >= 4 is 18.0 Å². The molecular weight excluding hydrogens is 130 g/mol. The predicted octanol–water partition coefficient (Wildman–Crippen LogP) is 2.93. The van der Waals surface area contributed by atoms with Gasteiger partial charge in [0, 0.05) is 6.21 Å². The summed E-state index contributed by atoms with van der Waals surface area (Å²) in [7, 11) is 0. The molecule has 0 saturated carbocycles. The van der Waals surface area contributed by atoms with Crippen LogP contribution in [0.3, 0.4) is 0 Å². The van der Waals surface area contributed by atoms with E-state index in [-0.39, 0.29) is 0 Å². The van der Waals surface area contributed by atoms with Crippen LogP contribution < -0.4 is 0 Å². The summed E-state index contributed by atoms with van der Waals surface area (Å²) in [5.41, 5.74) is 0. The molecule has 0 saturated heterocycles.